The molecule has 7 heteroatoms. The van der Waals surface area contributed by atoms with Crippen molar-refractivity contribution in [2.24, 2.45) is 15.7 Å². The van der Waals surface area contributed by atoms with Gasteiger partial charge < -0.3 is 15.8 Å². The molecule has 0 aliphatic carbocycles. The summed E-state index contributed by atoms with van der Waals surface area (Å²) < 4.78 is 33.3. The molecule has 0 saturated carbocycles. The Hall–Kier alpha value is -2.54. The number of rotatable bonds is 9. The zero-order valence-corrected chi connectivity index (χ0v) is 20.5. The lowest BCUT2D eigenvalue weighted by Gasteiger charge is -2.32. The van der Waals surface area contributed by atoms with Crippen LogP contribution < -0.4 is 11.1 Å². The highest BCUT2D eigenvalue weighted by Crippen LogP contribution is 2.28. The largest absolute Gasteiger partial charge is 0.489 e. The van der Waals surface area contributed by atoms with Crippen LogP contribution >= 0.6 is 0 Å². The average Bonchev–Trinajstić information content (AvgIpc) is 2.77. The van der Waals surface area contributed by atoms with E-state index in [2.05, 4.69) is 41.3 Å². The van der Waals surface area contributed by atoms with Gasteiger partial charge in [0.2, 0.25) is 5.96 Å². The Balaban J connectivity index is 2.03. The molecule has 0 spiro atoms. The molecular formula is C26H38F2N4O. The van der Waals surface area contributed by atoms with Crippen molar-refractivity contribution < 1.29 is 13.5 Å². The number of nitrogens with zero attached hydrogens (tertiary/aromatic N) is 2. The Morgan fingerprint density at radius 2 is 1.91 bits per heavy atom. The van der Waals surface area contributed by atoms with E-state index in [1.165, 1.54) is 12.0 Å². The van der Waals surface area contributed by atoms with Crippen LogP contribution in [0.5, 0.6) is 0 Å². The van der Waals surface area contributed by atoms with Crippen molar-refractivity contribution in [3.05, 3.63) is 53.3 Å². The van der Waals surface area contributed by atoms with Crippen LogP contribution in [0.15, 0.2) is 57.7 Å². The topological polar surface area (TPSA) is 72.0 Å². The van der Waals surface area contributed by atoms with Gasteiger partial charge in [0, 0.05) is 12.1 Å². The van der Waals surface area contributed by atoms with Crippen molar-refractivity contribution >= 4 is 17.4 Å². The van der Waals surface area contributed by atoms with Crippen molar-refractivity contribution in [3.63, 3.8) is 0 Å². The zero-order valence-electron chi connectivity index (χ0n) is 20.5. The van der Waals surface area contributed by atoms with Gasteiger partial charge >= 0.3 is 0 Å². The molecular weight excluding hydrogens is 422 g/mol. The summed E-state index contributed by atoms with van der Waals surface area (Å²) in [6.07, 6.45) is 6.09. The van der Waals surface area contributed by atoms with Crippen molar-refractivity contribution in [2.75, 3.05) is 13.1 Å². The molecule has 1 aromatic rings. The number of benzene rings is 1. The number of alkyl halides is 2. The molecule has 1 aliphatic rings. The second-order valence-corrected chi connectivity index (χ2v) is 8.61. The smallest absolute Gasteiger partial charge is 0.296 e. The molecule has 1 saturated heterocycles. The van der Waals surface area contributed by atoms with Gasteiger partial charge in [-0.2, -0.15) is 0 Å². The van der Waals surface area contributed by atoms with Crippen LogP contribution in [0.25, 0.3) is 0 Å². The first-order valence-electron chi connectivity index (χ1n) is 11.8. The normalized spacial score (nSPS) is 21.1. The van der Waals surface area contributed by atoms with Gasteiger partial charge in [-0.25, -0.2) is 18.8 Å². The molecule has 182 valence electrons. The summed E-state index contributed by atoms with van der Waals surface area (Å²) in [7, 11) is 0. The third kappa shape index (κ3) is 8.39. The van der Waals surface area contributed by atoms with Crippen LogP contribution in [0.1, 0.15) is 71.8 Å². The van der Waals surface area contributed by atoms with Crippen molar-refractivity contribution in [2.45, 2.75) is 78.2 Å². The molecule has 5 nitrogen and oxygen atoms in total. The molecule has 0 radical (unpaired) electrons. The predicted molar refractivity (Wildman–Crippen MR) is 134 cm³/mol. The summed E-state index contributed by atoms with van der Waals surface area (Å²) in [4.78, 5) is 8.76. The Morgan fingerprint density at radius 1 is 1.21 bits per heavy atom. The molecule has 1 heterocycles. The van der Waals surface area contributed by atoms with Gasteiger partial charge in [-0.05, 0) is 75.4 Å². The third-order valence-electron chi connectivity index (χ3n) is 5.90. The van der Waals surface area contributed by atoms with Crippen LogP contribution in [-0.2, 0) is 4.74 Å². The fourth-order valence-electron chi connectivity index (χ4n) is 3.78. The third-order valence-corrected chi connectivity index (χ3v) is 5.90. The lowest BCUT2D eigenvalue weighted by molar-refractivity contribution is -0.130. The van der Waals surface area contributed by atoms with E-state index in [1.807, 2.05) is 26.0 Å². The van der Waals surface area contributed by atoms with Gasteiger partial charge in [0.05, 0.1) is 18.0 Å². The highest BCUT2D eigenvalue weighted by atomic mass is 19.3. The summed E-state index contributed by atoms with van der Waals surface area (Å²) in [6.45, 7) is 9.97. The molecule has 0 bridgehead atoms. The van der Waals surface area contributed by atoms with E-state index in [0.29, 0.717) is 23.9 Å². The summed E-state index contributed by atoms with van der Waals surface area (Å²) in [6, 6.07) is 8.15. The van der Waals surface area contributed by atoms with Gasteiger partial charge in [-0.1, -0.05) is 38.5 Å². The molecule has 0 amide bonds. The Kier molecular flexibility index (Phi) is 10.2. The van der Waals surface area contributed by atoms with Crippen LogP contribution in [0, 0.1) is 0 Å². The highest BCUT2D eigenvalue weighted by Gasteiger charge is 2.43. The number of nitrogens with one attached hydrogen (secondary N) is 1. The minimum absolute atomic E-state index is 0.167. The van der Waals surface area contributed by atoms with Crippen molar-refractivity contribution in [3.8, 4) is 0 Å². The summed E-state index contributed by atoms with van der Waals surface area (Å²) in [5.41, 5.74) is 9.64. The number of halogens is 2. The molecule has 1 aliphatic heterocycles. The number of allylic oxidation sites excluding steroid dienone is 4. The maximum atomic E-state index is 13.9. The second kappa shape index (κ2) is 12.6. The van der Waals surface area contributed by atoms with Crippen LogP contribution in [-0.4, -0.2) is 36.8 Å². The van der Waals surface area contributed by atoms with Crippen molar-refractivity contribution in [1.82, 2.24) is 5.32 Å². The average molecular weight is 461 g/mol. The quantitative estimate of drug-likeness (QED) is 0.198. The molecule has 33 heavy (non-hydrogen) atoms. The first kappa shape index (κ1) is 26.7. The number of aliphatic imine (C=N–C) groups is 2. The number of ether oxygens (including phenoxy) is 1. The Bertz CT molecular complexity index is 888. The molecule has 2 atom stereocenters. The van der Waals surface area contributed by atoms with Crippen molar-refractivity contribution in [1.29, 1.82) is 0 Å². The molecule has 2 unspecified atom stereocenters. The molecule has 2 rings (SSSR count). The van der Waals surface area contributed by atoms with E-state index in [4.69, 9.17) is 10.5 Å². The number of piperidine rings is 1. The van der Waals surface area contributed by atoms with Gasteiger partial charge in [0.15, 0.2) is 6.10 Å². The standard InChI is InChI=1S/C26H38F2N4O/c1-6-8-21(7-2)22-11-13-23(14-12-22)32-25(29)31-20(5)18(3)9-10-19(4)33-24-15-16-30-17-26(24,27)28/h9-14,21,24,30H,6-8,15-17H2,1-5H3,(H2,29,32)/b18-9+,19-10+,31-20+. The first-order valence-corrected chi connectivity index (χ1v) is 11.8. The van der Waals surface area contributed by atoms with Crippen LogP contribution in [0.4, 0.5) is 14.5 Å². The molecule has 0 aromatic heterocycles. The maximum absolute atomic E-state index is 13.9. The summed E-state index contributed by atoms with van der Waals surface area (Å²) in [5.74, 6) is -1.70. The number of guanidine groups is 1. The summed E-state index contributed by atoms with van der Waals surface area (Å²) in [5, 5.41) is 2.69. The lowest BCUT2D eigenvalue weighted by Crippen LogP contribution is -2.50. The van der Waals surface area contributed by atoms with E-state index in [9.17, 15) is 8.78 Å². The van der Waals surface area contributed by atoms with Gasteiger partial charge in [-0.3, -0.25) is 0 Å². The minimum atomic E-state index is -2.87. The number of hydrogen-bond donors (Lipinski definition) is 2. The van der Waals surface area contributed by atoms with Gasteiger partial charge in [0.25, 0.3) is 5.92 Å². The fourth-order valence-corrected chi connectivity index (χ4v) is 3.78. The molecule has 1 aromatic carbocycles. The highest BCUT2D eigenvalue weighted by molar-refractivity contribution is 6.05. The fraction of sp³-hybridized carbons (Fsp3) is 0.538. The van der Waals surface area contributed by atoms with E-state index in [-0.39, 0.29) is 18.9 Å². The zero-order chi connectivity index (χ0) is 24.4. The monoisotopic (exact) mass is 460 g/mol. The minimum Gasteiger partial charge on any atom is -0.489 e. The molecule has 1 fully saturated rings. The van der Waals surface area contributed by atoms with Gasteiger partial charge in [0.1, 0.15) is 0 Å². The Labute approximate surface area is 196 Å². The number of nitrogens with two attached hydrogens (primary N) is 1. The maximum Gasteiger partial charge on any atom is 0.296 e. The van der Waals surface area contributed by atoms with E-state index in [0.717, 1.165) is 24.1 Å². The predicted octanol–water partition coefficient (Wildman–Crippen LogP) is 6.25. The lowest BCUT2D eigenvalue weighted by atomic mass is 9.92. The van der Waals surface area contributed by atoms with Gasteiger partial charge in [-0.15, -0.1) is 0 Å². The Morgan fingerprint density at radius 3 is 2.52 bits per heavy atom. The SMILES string of the molecule is CCCC(CC)c1ccc(N=C(N)/N=C(C)/C(C)=C/C=C(\C)OC2CCNCC2(F)F)cc1. The van der Waals surface area contributed by atoms with Crippen LogP contribution in [0.2, 0.25) is 0 Å². The van der Waals surface area contributed by atoms with E-state index in [1.54, 1.807) is 19.1 Å². The molecule has 3 N–H and O–H groups in total. The summed E-state index contributed by atoms with van der Waals surface area (Å²) >= 11 is 0. The van der Waals surface area contributed by atoms with E-state index < -0.39 is 12.0 Å². The van der Waals surface area contributed by atoms with E-state index >= 15 is 0 Å². The number of hydrogen-bond acceptors (Lipinski definition) is 3. The second-order valence-electron chi connectivity index (χ2n) is 8.61. The first-order chi connectivity index (χ1) is 15.7. The van der Waals surface area contributed by atoms with Crippen LogP contribution in [0.3, 0.4) is 0 Å².